The quantitative estimate of drug-likeness (QED) is 0.747. The molecule has 1 aromatic heterocycles. The smallest absolute Gasteiger partial charge is 0.284 e. The predicted octanol–water partition coefficient (Wildman–Crippen LogP) is 2.86. The van der Waals surface area contributed by atoms with E-state index in [-0.39, 0.29) is 5.82 Å². The van der Waals surface area contributed by atoms with Gasteiger partial charge in [0.1, 0.15) is 0 Å². The van der Waals surface area contributed by atoms with E-state index in [0.717, 1.165) is 0 Å². The molecule has 3 rings (SSSR count). The van der Waals surface area contributed by atoms with Crippen molar-refractivity contribution in [3.05, 3.63) is 78.9 Å². The molecule has 0 atom stereocenters. The van der Waals surface area contributed by atoms with E-state index in [1.165, 1.54) is 17.3 Å². The summed E-state index contributed by atoms with van der Waals surface area (Å²) in [5.74, 6) is -0.333. The molecule has 20 heavy (non-hydrogen) atoms. The summed E-state index contributed by atoms with van der Waals surface area (Å²) in [6, 6.07) is 20.8. The molecule has 1 heterocycles. The maximum absolute atomic E-state index is 10.2. The highest BCUT2D eigenvalue weighted by Gasteiger charge is 1.97. The summed E-state index contributed by atoms with van der Waals surface area (Å²) in [4.78, 5) is 16.3. The molecule has 0 aliphatic carbocycles. The third-order valence-corrected chi connectivity index (χ3v) is 2.61. The van der Waals surface area contributed by atoms with Crippen molar-refractivity contribution in [1.29, 1.82) is 0 Å². The Bertz CT molecular complexity index is 597. The molecule has 100 valence electrons. The van der Waals surface area contributed by atoms with Crippen LogP contribution < -0.4 is 5.73 Å². The standard InChI is InChI=1S/C12H10.C4H5N3O/c1-3-7-11(8-4-1)12-9-5-2-6-10-12;5-3(8)4-6-1-2-7-4/h1-10H;1-2H,(H2,5,8)(H,6,7). The number of benzene rings is 2. The Morgan fingerprint density at radius 3 is 1.70 bits per heavy atom. The number of nitrogens with one attached hydrogen (secondary N) is 1. The lowest BCUT2D eigenvalue weighted by atomic mass is 10.1. The van der Waals surface area contributed by atoms with E-state index < -0.39 is 5.91 Å². The summed E-state index contributed by atoms with van der Waals surface area (Å²) < 4.78 is 0. The van der Waals surface area contributed by atoms with Gasteiger partial charge in [0, 0.05) is 12.4 Å². The topological polar surface area (TPSA) is 71.8 Å². The molecule has 4 heteroatoms. The second kappa shape index (κ2) is 6.89. The number of aromatic amines is 1. The zero-order valence-corrected chi connectivity index (χ0v) is 10.9. The summed E-state index contributed by atoms with van der Waals surface area (Å²) in [6.45, 7) is 0. The van der Waals surface area contributed by atoms with Crippen LogP contribution in [0, 0.1) is 0 Å². The number of aromatic nitrogens is 2. The van der Waals surface area contributed by atoms with Gasteiger partial charge in [-0.2, -0.15) is 0 Å². The van der Waals surface area contributed by atoms with Gasteiger partial charge in [0.2, 0.25) is 0 Å². The maximum Gasteiger partial charge on any atom is 0.284 e. The molecule has 0 saturated heterocycles. The second-order valence-electron chi connectivity index (χ2n) is 4.03. The minimum absolute atomic E-state index is 0.199. The van der Waals surface area contributed by atoms with Gasteiger partial charge < -0.3 is 10.7 Å². The average Bonchev–Trinajstić information content (AvgIpc) is 3.04. The molecule has 2 aromatic carbocycles. The fourth-order valence-electron chi connectivity index (χ4n) is 1.66. The van der Waals surface area contributed by atoms with Crippen LogP contribution in [-0.4, -0.2) is 15.9 Å². The molecule has 0 unspecified atom stereocenters. The lowest BCUT2D eigenvalue weighted by Gasteiger charge is -1.98. The Balaban J connectivity index is 0.000000160. The number of imidazole rings is 1. The molecule has 0 bridgehead atoms. The van der Waals surface area contributed by atoms with Crippen molar-refractivity contribution in [1.82, 2.24) is 9.97 Å². The van der Waals surface area contributed by atoms with Gasteiger partial charge in [-0.3, -0.25) is 4.79 Å². The van der Waals surface area contributed by atoms with Gasteiger partial charge in [0.25, 0.3) is 5.91 Å². The number of amides is 1. The van der Waals surface area contributed by atoms with Gasteiger partial charge in [0.05, 0.1) is 0 Å². The molecule has 1 amide bonds. The fraction of sp³-hybridized carbons (Fsp3) is 0. The Kier molecular flexibility index (Phi) is 4.67. The van der Waals surface area contributed by atoms with E-state index in [9.17, 15) is 4.79 Å². The van der Waals surface area contributed by atoms with Crippen molar-refractivity contribution >= 4 is 5.91 Å². The number of nitrogens with two attached hydrogens (primary N) is 1. The first kappa shape index (κ1) is 13.5. The molecular weight excluding hydrogens is 250 g/mol. The van der Waals surface area contributed by atoms with Crippen LogP contribution in [0.5, 0.6) is 0 Å². The number of carbonyl (C=O) groups excluding carboxylic acids is 1. The molecule has 0 spiro atoms. The predicted molar refractivity (Wildman–Crippen MR) is 79.0 cm³/mol. The summed E-state index contributed by atoms with van der Waals surface area (Å²) >= 11 is 0. The number of hydrogen-bond donors (Lipinski definition) is 2. The van der Waals surface area contributed by atoms with E-state index >= 15 is 0 Å². The van der Waals surface area contributed by atoms with Crippen molar-refractivity contribution in [3.63, 3.8) is 0 Å². The van der Waals surface area contributed by atoms with Crippen molar-refractivity contribution in [2.75, 3.05) is 0 Å². The van der Waals surface area contributed by atoms with E-state index in [1.807, 2.05) is 12.1 Å². The Hall–Kier alpha value is -2.88. The van der Waals surface area contributed by atoms with Crippen LogP contribution in [0.4, 0.5) is 0 Å². The van der Waals surface area contributed by atoms with Crippen LogP contribution in [-0.2, 0) is 0 Å². The summed E-state index contributed by atoms with van der Waals surface area (Å²) in [5.41, 5.74) is 7.38. The Morgan fingerprint density at radius 1 is 0.900 bits per heavy atom. The normalized spacial score (nSPS) is 9.40. The van der Waals surface area contributed by atoms with E-state index in [0.29, 0.717) is 0 Å². The van der Waals surface area contributed by atoms with Crippen LogP contribution in [0.2, 0.25) is 0 Å². The largest absolute Gasteiger partial charge is 0.363 e. The number of carbonyl (C=O) groups is 1. The van der Waals surface area contributed by atoms with Gasteiger partial charge >= 0.3 is 0 Å². The lowest BCUT2D eigenvalue weighted by Crippen LogP contribution is -2.12. The number of nitrogens with zero attached hydrogens (tertiary/aromatic N) is 1. The Morgan fingerprint density at radius 2 is 1.40 bits per heavy atom. The number of hydrogen-bond acceptors (Lipinski definition) is 2. The van der Waals surface area contributed by atoms with E-state index in [4.69, 9.17) is 5.73 Å². The summed E-state index contributed by atoms with van der Waals surface area (Å²) in [6.07, 6.45) is 3.01. The van der Waals surface area contributed by atoms with Crippen LogP contribution in [0.3, 0.4) is 0 Å². The third-order valence-electron chi connectivity index (χ3n) is 2.61. The highest BCUT2D eigenvalue weighted by molar-refractivity contribution is 5.88. The van der Waals surface area contributed by atoms with Gasteiger partial charge in [-0.15, -0.1) is 0 Å². The van der Waals surface area contributed by atoms with E-state index in [1.54, 1.807) is 6.20 Å². The highest BCUT2D eigenvalue weighted by atomic mass is 16.1. The van der Waals surface area contributed by atoms with Crippen LogP contribution >= 0.6 is 0 Å². The van der Waals surface area contributed by atoms with Crippen molar-refractivity contribution in [3.8, 4) is 11.1 Å². The number of rotatable bonds is 2. The molecule has 0 radical (unpaired) electrons. The van der Waals surface area contributed by atoms with Crippen LogP contribution in [0.15, 0.2) is 73.1 Å². The molecular formula is C16H15N3O. The SMILES string of the molecule is NC(=O)c1ncc[nH]1.c1ccc(-c2ccccc2)cc1. The zero-order chi connectivity index (χ0) is 14.2. The maximum atomic E-state index is 10.2. The van der Waals surface area contributed by atoms with Gasteiger partial charge in [-0.1, -0.05) is 60.7 Å². The molecule has 3 aromatic rings. The molecule has 0 fully saturated rings. The highest BCUT2D eigenvalue weighted by Crippen LogP contribution is 2.17. The van der Waals surface area contributed by atoms with Gasteiger partial charge in [-0.05, 0) is 11.1 Å². The number of H-pyrrole nitrogens is 1. The first-order chi connectivity index (χ1) is 9.77. The first-order valence-electron chi connectivity index (χ1n) is 6.17. The van der Waals surface area contributed by atoms with Gasteiger partial charge in [-0.25, -0.2) is 4.98 Å². The molecule has 0 saturated carbocycles. The minimum atomic E-state index is -0.532. The molecule has 4 nitrogen and oxygen atoms in total. The minimum Gasteiger partial charge on any atom is -0.363 e. The monoisotopic (exact) mass is 265 g/mol. The van der Waals surface area contributed by atoms with Crippen molar-refractivity contribution in [2.24, 2.45) is 5.73 Å². The van der Waals surface area contributed by atoms with Crippen molar-refractivity contribution < 1.29 is 4.79 Å². The Labute approximate surface area is 117 Å². The number of primary amides is 1. The van der Waals surface area contributed by atoms with Crippen LogP contribution in [0.1, 0.15) is 10.6 Å². The summed E-state index contributed by atoms with van der Waals surface area (Å²) in [5, 5.41) is 0. The van der Waals surface area contributed by atoms with Crippen LogP contribution in [0.25, 0.3) is 11.1 Å². The molecule has 0 aliphatic heterocycles. The zero-order valence-electron chi connectivity index (χ0n) is 10.9. The average molecular weight is 265 g/mol. The fourth-order valence-corrected chi connectivity index (χ4v) is 1.66. The summed E-state index contributed by atoms with van der Waals surface area (Å²) in [7, 11) is 0. The first-order valence-corrected chi connectivity index (χ1v) is 6.17. The van der Waals surface area contributed by atoms with E-state index in [2.05, 4.69) is 58.5 Å². The van der Waals surface area contributed by atoms with Crippen molar-refractivity contribution in [2.45, 2.75) is 0 Å². The van der Waals surface area contributed by atoms with Gasteiger partial charge in [0.15, 0.2) is 5.82 Å². The molecule has 0 aliphatic rings. The lowest BCUT2D eigenvalue weighted by molar-refractivity contribution is 0.0991. The molecule has 3 N–H and O–H groups in total. The third kappa shape index (κ3) is 3.81. The second-order valence-corrected chi connectivity index (χ2v) is 4.03.